The fourth-order valence-corrected chi connectivity index (χ4v) is 3.02. The Hall–Kier alpha value is -1.87. The van der Waals surface area contributed by atoms with Gasteiger partial charge in [0.25, 0.3) is 0 Å². The lowest BCUT2D eigenvalue weighted by atomic mass is 10.1. The van der Waals surface area contributed by atoms with Crippen LogP contribution < -0.4 is 16.0 Å². The van der Waals surface area contributed by atoms with Gasteiger partial charge in [-0.05, 0) is 43.2 Å². The third-order valence-corrected chi connectivity index (χ3v) is 4.09. The van der Waals surface area contributed by atoms with Gasteiger partial charge in [0.05, 0.1) is 19.8 Å². The first-order valence-electron chi connectivity index (χ1n) is 8.53. The molecule has 140 valence electrons. The number of aliphatic imine (C=N–C) groups is 1. The standard InChI is InChI=1S/C19H25N5O.HI/c1-14-10-15(2)12-17(11-14)23-19(20)22-13-16-4-3-5-21-18(16)24-6-8-25-9-7-24;/h3-5,10-12H,6-9,13H2,1-2H3,(H3,20,22,23);1H. The molecule has 0 saturated carbocycles. The van der Waals surface area contributed by atoms with Gasteiger partial charge in [-0.15, -0.1) is 24.0 Å². The number of rotatable bonds is 4. The molecule has 6 nitrogen and oxygen atoms in total. The fraction of sp³-hybridized carbons (Fsp3) is 0.368. The summed E-state index contributed by atoms with van der Waals surface area (Å²) in [4.78, 5) is 11.3. The van der Waals surface area contributed by atoms with E-state index in [-0.39, 0.29) is 24.0 Å². The Morgan fingerprint density at radius 3 is 2.62 bits per heavy atom. The molecule has 3 N–H and O–H groups in total. The molecule has 2 aromatic rings. The second-order valence-electron chi connectivity index (χ2n) is 6.29. The maximum absolute atomic E-state index is 6.07. The highest BCUT2D eigenvalue weighted by Crippen LogP contribution is 2.19. The first-order valence-corrected chi connectivity index (χ1v) is 8.53. The van der Waals surface area contributed by atoms with Gasteiger partial charge in [0, 0.05) is 30.5 Å². The predicted octanol–water partition coefficient (Wildman–Crippen LogP) is 3.08. The number of halogens is 1. The van der Waals surface area contributed by atoms with E-state index in [9.17, 15) is 0 Å². The molecule has 0 bridgehead atoms. The van der Waals surface area contributed by atoms with Gasteiger partial charge in [0.15, 0.2) is 5.96 Å². The van der Waals surface area contributed by atoms with Crippen molar-refractivity contribution in [2.75, 3.05) is 36.5 Å². The van der Waals surface area contributed by atoms with Crippen LogP contribution in [0.2, 0.25) is 0 Å². The predicted molar refractivity (Wildman–Crippen MR) is 118 cm³/mol. The summed E-state index contributed by atoms with van der Waals surface area (Å²) in [6.07, 6.45) is 1.81. The number of aromatic nitrogens is 1. The van der Waals surface area contributed by atoms with E-state index in [2.05, 4.69) is 52.2 Å². The van der Waals surface area contributed by atoms with Crippen LogP contribution in [0.3, 0.4) is 0 Å². The first kappa shape index (κ1) is 20.4. The van der Waals surface area contributed by atoms with Crippen molar-refractivity contribution in [3.63, 3.8) is 0 Å². The van der Waals surface area contributed by atoms with Gasteiger partial charge in [-0.2, -0.15) is 0 Å². The number of aryl methyl sites for hydroxylation is 2. The first-order chi connectivity index (χ1) is 12.1. The smallest absolute Gasteiger partial charge is 0.193 e. The van der Waals surface area contributed by atoms with Gasteiger partial charge in [-0.3, -0.25) is 0 Å². The van der Waals surface area contributed by atoms with Crippen LogP contribution in [-0.2, 0) is 11.3 Å². The Morgan fingerprint density at radius 1 is 1.23 bits per heavy atom. The summed E-state index contributed by atoms with van der Waals surface area (Å²) in [6, 6.07) is 10.2. The fourth-order valence-electron chi connectivity index (χ4n) is 3.02. The molecule has 1 aromatic carbocycles. The molecule has 1 aromatic heterocycles. The average molecular weight is 467 g/mol. The molecule has 0 spiro atoms. The lowest BCUT2D eigenvalue weighted by Gasteiger charge is -2.29. The van der Waals surface area contributed by atoms with Crippen molar-refractivity contribution in [2.24, 2.45) is 10.7 Å². The quantitative estimate of drug-likeness (QED) is 0.411. The van der Waals surface area contributed by atoms with Crippen molar-refractivity contribution < 1.29 is 4.74 Å². The summed E-state index contributed by atoms with van der Waals surface area (Å²) in [5, 5.41) is 3.17. The molecule has 1 aliphatic heterocycles. The highest BCUT2D eigenvalue weighted by atomic mass is 127. The maximum Gasteiger partial charge on any atom is 0.193 e. The van der Waals surface area contributed by atoms with Crippen molar-refractivity contribution >= 4 is 41.4 Å². The zero-order chi connectivity index (χ0) is 17.6. The molecule has 1 aliphatic rings. The number of nitrogens with one attached hydrogen (secondary N) is 1. The van der Waals surface area contributed by atoms with Crippen LogP contribution >= 0.6 is 24.0 Å². The van der Waals surface area contributed by atoms with E-state index >= 15 is 0 Å². The molecule has 0 radical (unpaired) electrons. The van der Waals surface area contributed by atoms with Gasteiger partial charge >= 0.3 is 0 Å². The molecule has 2 heterocycles. The van der Waals surface area contributed by atoms with E-state index < -0.39 is 0 Å². The number of benzene rings is 1. The van der Waals surface area contributed by atoms with E-state index in [4.69, 9.17) is 10.5 Å². The van der Waals surface area contributed by atoms with Crippen molar-refractivity contribution in [2.45, 2.75) is 20.4 Å². The number of hydrogen-bond donors (Lipinski definition) is 2. The minimum absolute atomic E-state index is 0. The van der Waals surface area contributed by atoms with Gasteiger partial charge in [0.1, 0.15) is 5.82 Å². The number of pyridine rings is 1. The molecule has 0 unspecified atom stereocenters. The minimum Gasteiger partial charge on any atom is -0.378 e. The summed E-state index contributed by atoms with van der Waals surface area (Å²) in [5.41, 5.74) is 10.5. The number of guanidine groups is 1. The number of nitrogens with two attached hydrogens (primary N) is 1. The Balaban J connectivity index is 0.00000243. The van der Waals surface area contributed by atoms with Gasteiger partial charge < -0.3 is 20.7 Å². The molecule has 0 amide bonds. The van der Waals surface area contributed by atoms with Gasteiger partial charge in [-0.1, -0.05) is 12.1 Å². The van der Waals surface area contributed by atoms with Crippen LogP contribution in [0.15, 0.2) is 41.5 Å². The largest absolute Gasteiger partial charge is 0.378 e. The summed E-state index contributed by atoms with van der Waals surface area (Å²) < 4.78 is 5.42. The van der Waals surface area contributed by atoms with Crippen molar-refractivity contribution in [1.29, 1.82) is 0 Å². The van der Waals surface area contributed by atoms with Crippen LogP contribution in [0.1, 0.15) is 16.7 Å². The van der Waals surface area contributed by atoms with Crippen molar-refractivity contribution in [3.8, 4) is 0 Å². The second kappa shape index (κ2) is 9.72. The van der Waals surface area contributed by atoms with E-state index in [0.29, 0.717) is 12.5 Å². The van der Waals surface area contributed by atoms with Crippen LogP contribution in [0.25, 0.3) is 0 Å². The zero-order valence-corrected chi connectivity index (χ0v) is 17.6. The Morgan fingerprint density at radius 2 is 1.92 bits per heavy atom. The molecule has 7 heteroatoms. The zero-order valence-electron chi connectivity index (χ0n) is 15.2. The van der Waals surface area contributed by atoms with Crippen LogP contribution in [0, 0.1) is 13.8 Å². The second-order valence-corrected chi connectivity index (χ2v) is 6.29. The summed E-state index contributed by atoms with van der Waals surface area (Å²) in [5.74, 6) is 1.37. The third kappa shape index (κ3) is 5.57. The molecule has 26 heavy (non-hydrogen) atoms. The van der Waals surface area contributed by atoms with E-state index in [0.717, 1.165) is 43.4 Å². The number of nitrogens with zero attached hydrogens (tertiary/aromatic N) is 3. The number of anilines is 2. The maximum atomic E-state index is 6.07. The van der Waals surface area contributed by atoms with Crippen molar-refractivity contribution in [1.82, 2.24) is 4.98 Å². The average Bonchev–Trinajstić information content (AvgIpc) is 2.60. The highest BCUT2D eigenvalue weighted by molar-refractivity contribution is 14.0. The molecule has 0 atom stereocenters. The van der Waals surface area contributed by atoms with E-state index in [1.807, 2.05) is 18.3 Å². The molecule has 1 fully saturated rings. The van der Waals surface area contributed by atoms with E-state index in [1.54, 1.807) is 0 Å². The molecular weight excluding hydrogens is 441 g/mol. The third-order valence-electron chi connectivity index (χ3n) is 4.09. The Bertz CT molecular complexity index is 739. The number of morpholine rings is 1. The SMILES string of the molecule is Cc1cc(C)cc(NC(N)=NCc2cccnc2N2CCOCC2)c1.I. The molecule has 0 aliphatic carbocycles. The summed E-state index contributed by atoms with van der Waals surface area (Å²) >= 11 is 0. The van der Waals surface area contributed by atoms with Crippen LogP contribution in [0.4, 0.5) is 11.5 Å². The Labute approximate surface area is 171 Å². The lowest BCUT2D eigenvalue weighted by Crippen LogP contribution is -2.37. The van der Waals surface area contributed by atoms with Gasteiger partial charge in [-0.25, -0.2) is 9.98 Å². The highest BCUT2D eigenvalue weighted by Gasteiger charge is 2.15. The van der Waals surface area contributed by atoms with Crippen LogP contribution in [0.5, 0.6) is 0 Å². The summed E-state index contributed by atoms with van der Waals surface area (Å²) in [7, 11) is 0. The van der Waals surface area contributed by atoms with Gasteiger partial charge in [0.2, 0.25) is 0 Å². The molecule has 1 saturated heterocycles. The molecule has 3 rings (SSSR count). The summed E-state index contributed by atoms with van der Waals surface area (Å²) in [6.45, 7) is 7.79. The molecular formula is C19H26IN5O. The topological polar surface area (TPSA) is 75.8 Å². The Kier molecular flexibility index (Phi) is 7.65. The number of hydrogen-bond acceptors (Lipinski definition) is 4. The lowest BCUT2D eigenvalue weighted by molar-refractivity contribution is 0.122. The minimum atomic E-state index is 0. The van der Waals surface area contributed by atoms with Crippen LogP contribution in [-0.4, -0.2) is 37.2 Å². The normalized spacial score (nSPS) is 14.7. The van der Waals surface area contributed by atoms with Crippen molar-refractivity contribution in [3.05, 3.63) is 53.2 Å². The monoisotopic (exact) mass is 467 g/mol. The number of ether oxygens (including phenoxy) is 1. The van der Waals surface area contributed by atoms with E-state index in [1.165, 1.54) is 11.1 Å².